The molecule has 0 saturated carbocycles. The van der Waals surface area contributed by atoms with Crippen molar-refractivity contribution < 1.29 is 31.5 Å². The summed E-state index contributed by atoms with van der Waals surface area (Å²) in [4.78, 5) is 16.4. The summed E-state index contributed by atoms with van der Waals surface area (Å²) in [6, 6.07) is 9.09. The summed E-state index contributed by atoms with van der Waals surface area (Å²) in [5.74, 6) is -2.84. The van der Waals surface area contributed by atoms with E-state index in [1.807, 2.05) is 20.8 Å². The standard InChI is InChI=1S/C29H32F2N4O5S/c1-5-19(6-2)22-17-35(41(37,38)21-9-7-18(3)8-10-21)28-26(22)25(11-12-32-28)40-27-23(30)15-20(16-24(27)31)34-29(36)33-13-14-39-4/h7-12,15-17,19H,5-6,13-14H2,1-4H3,(H2,33,34,36). The molecule has 2 N–H and O–H groups in total. The Morgan fingerprint density at radius 1 is 1.07 bits per heavy atom. The van der Waals surface area contributed by atoms with Crippen LogP contribution in [0.1, 0.15) is 43.7 Å². The highest BCUT2D eigenvalue weighted by Crippen LogP contribution is 2.40. The molecule has 2 heterocycles. The normalized spacial score (nSPS) is 11.7. The maximum atomic E-state index is 15.1. The molecule has 0 fully saturated rings. The lowest BCUT2D eigenvalue weighted by atomic mass is 9.94. The van der Waals surface area contributed by atoms with Crippen molar-refractivity contribution in [2.75, 3.05) is 25.6 Å². The second-order valence-electron chi connectivity index (χ2n) is 9.46. The molecule has 0 atom stereocenters. The number of methoxy groups -OCH3 is 1. The van der Waals surface area contributed by atoms with E-state index in [4.69, 9.17) is 9.47 Å². The second-order valence-corrected chi connectivity index (χ2v) is 11.3. The number of rotatable bonds is 11. The van der Waals surface area contributed by atoms with Crippen molar-refractivity contribution in [1.29, 1.82) is 0 Å². The Labute approximate surface area is 237 Å². The summed E-state index contributed by atoms with van der Waals surface area (Å²) in [5, 5.41) is 5.20. The van der Waals surface area contributed by atoms with E-state index in [1.165, 1.54) is 37.7 Å². The van der Waals surface area contributed by atoms with Gasteiger partial charge in [0, 0.05) is 43.9 Å². The van der Waals surface area contributed by atoms with E-state index in [2.05, 4.69) is 15.6 Å². The van der Waals surface area contributed by atoms with Crippen LogP contribution in [0, 0.1) is 18.6 Å². The Morgan fingerprint density at radius 2 is 1.73 bits per heavy atom. The van der Waals surface area contributed by atoms with E-state index in [0.717, 1.165) is 21.7 Å². The van der Waals surface area contributed by atoms with Gasteiger partial charge >= 0.3 is 6.03 Å². The second kappa shape index (κ2) is 12.6. The third-order valence-electron chi connectivity index (χ3n) is 6.71. The minimum absolute atomic E-state index is 0.0468. The predicted molar refractivity (Wildman–Crippen MR) is 152 cm³/mol. The number of fused-ring (bicyclic) bond motifs is 1. The van der Waals surface area contributed by atoms with Crippen molar-refractivity contribution in [1.82, 2.24) is 14.3 Å². The smallest absolute Gasteiger partial charge is 0.319 e. The average molecular weight is 587 g/mol. The molecule has 0 aliphatic heterocycles. The Balaban J connectivity index is 1.77. The Bertz CT molecular complexity index is 1630. The van der Waals surface area contributed by atoms with Crippen molar-refractivity contribution in [3.63, 3.8) is 0 Å². The Kier molecular flexibility index (Phi) is 9.24. The number of anilines is 1. The number of aromatic nitrogens is 2. The van der Waals surface area contributed by atoms with Crippen LogP contribution in [0.25, 0.3) is 11.0 Å². The summed E-state index contributed by atoms with van der Waals surface area (Å²) < 4.78 is 69.3. The molecule has 0 bridgehead atoms. The lowest BCUT2D eigenvalue weighted by Crippen LogP contribution is -2.31. The van der Waals surface area contributed by atoms with Crippen LogP contribution in [0.15, 0.2) is 59.8 Å². The lowest BCUT2D eigenvalue weighted by molar-refractivity contribution is 0.198. The minimum atomic E-state index is -4.05. The molecular formula is C29H32F2N4O5S. The molecule has 12 heteroatoms. The summed E-state index contributed by atoms with van der Waals surface area (Å²) >= 11 is 0. The first-order chi connectivity index (χ1) is 19.6. The number of carbonyl (C=O) groups excluding carboxylic acids is 1. The first kappa shape index (κ1) is 29.9. The van der Waals surface area contributed by atoms with E-state index in [0.29, 0.717) is 23.8 Å². The van der Waals surface area contributed by atoms with Gasteiger partial charge in [0.05, 0.1) is 16.9 Å². The first-order valence-electron chi connectivity index (χ1n) is 13.1. The zero-order valence-corrected chi connectivity index (χ0v) is 24.0. The highest BCUT2D eigenvalue weighted by atomic mass is 32.2. The number of hydrogen-bond donors (Lipinski definition) is 2. The van der Waals surface area contributed by atoms with E-state index in [1.54, 1.807) is 12.1 Å². The summed E-state index contributed by atoms with van der Waals surface area (Å²) in [6.45, 7) is 6.29. The number of ether oxygens (including phenoxy) is 2. The number of hydrogen-bond acceptors (Lipinski definition) is 6. The van der Waals surface area contributed by atoms with E-state index < -0.39 is 33.4 Å². The van der Waals surface area contributed by atoms with Crippen LogP contribution in [-0.4, -0.2) is 43.7 Å². The van der Waals surface area contributed by atoms with Crippen molar-refractivity contribution in [2.24, 2.45) is 0 Å². The topological polar surface area (TPSA) is 112 Å². The zero-order chi connectivity index (χ0) is 29.7. The fraction of sp³-hybridized carbons (Fsp3) is 0.310. The SMILES string of the molecule is CCC(CC)c1cn(S(=O)(=O)c2ccc(C)cc2)c2nccc(Oc3c(F)cc(NC(=O)NCCOC)cc3F)c12. The summed E-state index contributed by atoms with van der Waals surface area (Å²) in [6.07, 6.45) is 4.21. The number of nitrogens with zero attached hydrogens (tertiary/aromatic N) is 2. The number of urea groups is 1. The molecule has 0 unspecified atom stereocenters. The average Bonchev–Trinajstić information content (AvgIpc) is 3.33. The van der Waals surface area contributed by atoms with Crippen molar-refractivity contribution >= 4 is 32.8 Å². The van der Waals surface area contributed by atoms with Crippen LogP contribution in [-0.2, 0) is 14.8 Å². The molecule has 4 aromatic rings. The van der Waals surface area contributed by atoms with Crippen LogP contribution in [0.4, 0.5) is 19.3 Å². The number of halogens is 2. The monoisotopic (exact) mass is 586 g/mol. The maximum absolute atomic E-state index is 15.1. The molecule has 0 saturated heterocycles. The van der Waals surface area contributed by atoms with Crippen molar-refractivity contribution in [2.45, 2.75) is 44.4 Å². The molecule has 9 nitrogen and oxygen atoms in total. The highest BCUT2D eigenvalue weighted by Gasteiger charge is 2.27. The van der Waals surface area contributed by atoms with Crippen LogP contribution in [0.3, 0.4) is 0 Å². The van der Waals surface area contributed by atoms with E-state index in [-0.39, 0.29) is 41.0 Å². The van der Waals surface area contributed by atoms with Gasteiger partial charge in [0.1, 0.15) is 5.75 Å². The van der Waals surface area contributed by atoms with Gasteiger partial charge in [-0.3, -0.25) is 0 Å². The molecule has 2 aromatic carbocycles. The highest BCUT2D eigenvalue weighted by molar-refractivity contribution is 7.90. The first-order valence-corrected chi connectivity index (χ1v) is 14.6. The third-order valence-corrected chi connectivity index (χ3v) is 8.37. The van der Waals surface area contributed by atoms with Crippen LogP contribution in [0.2, 0.25) is 0 Å². The van der Waals surface area contributed by atoms with Gasteiger partial charge in [0.15, 0.2) is 23.0 Å². The van der Waals surface area contributed by atoms with Crippen LogP contribution >= 0.6 is 0 Å². The van der Waals surface area contributed by atoms with Crippen molar-refractivity contribution in [3.05, 3.63) is 77.6 Å². The largest absolute Gasteiger partial charge is 0.450 e. The molecule has 0 aliphatic rings. The van der Waals surface area contributed by atoms with Gasteiger partial charge in [-0.1, -0.05) is 31.5 Å². The number of pyridine rings is 1. The van der Waals surface area contributed by atoms with Gasteiger partial charge in [-0.25, -0.2) is 30.9 Å². The minimum Gasteiger partial charge on any atom is -0.450 e. The summed E-state index contributed by atoms with van der Waals surface area (Å²) in [5.41, 5.74) is 1.51. The molecule has 4 rings (SSSR count). The molecule has 41 heavy (non-hydrogen) atoms. The van der Waals surface area contributed by atoms with Crippen molar-refractivity contribution in [3.8, 4) is 11.5 Å². The maximum Gasteiger partial charge on any atom is 0.319 e. The number of nitrogens with one attached hydrogen (secondary N) is 2. The zero-order valence-electron chi connectivity index (χ0n) is 23.2. The van der Waals surface area contributed by atoms with Gasteiger partial charge in [0.25, 0.3) is 10.0 Å². The summed E-state index contributed by atoms with van der Waals surface area (Å²) in [7, 11) is -2.57. The lowest BCUT2D eigenvalue weighted by Gasteiger charge is -2.15. The number of benzene rings is 2. The Hall–Kier alpha value is -4.03. The molecule has 218 valence electrons. The number of amides is 2. The third kappa shape index (κ3) is 6.33. The van der Waals surface area contributed by atoms with Gasteiger partial charge in [-0.2, -0.15) is 0 Å². The molecule has 0 radical (unpaired) electrons. The van der Waals surface area contributed by atoms with Gasteiger partial charge in [-0.05, 0) is 49.4 Å². The van der Waals surface area contributed by atoms with Gasteiger partial charge < -0.3 is 20.1 Å². The quantitative estimate of drug-likeness (QED) is 0.199. The molecule has 2 amide bonds. The van der Waals surface area contributed by atoms with Crippen LogP contribution in [0.5, 0.6) is 11.5 Å². The predicted octanol–water partition coefficient (Wildman–Crippen LogP) is 6.32. The molecule has 2 aromatic heterocycles. The fourth-order valence-corrected chi connectivity index (χ4v) is 5.86. The Morgan fingerprint density at radius 3 is 2.34 bits per heavy atom. The van der Waals surface area contributed by atoms with E-state index in [9.17, 15) is 13.2 Å². The van der Waals surface area contributed by atoms with Crippen LogP contribution < -0.4 is 15.4 Å². The molecule has 0 spiro atoms. The number of carbonyl (C=O) groups is 1. The van der Waals surface area contributed by atoms with Gasteiger partial charge in [0.2, 0.25) is 0 Å². The fourth-order valence-electron chi connectivity index (χ4n) is 4.54. The number of aryl methyl sites for hydroxylation is 1. The molecular weight excluding hydrogens is 554 g/mol. The van der Waals surface area contributed by atoms with Gasteiger partial charge in [-0.15, -0.1) is 0 Å². The molecule has 0 aliphatic carbocycles. The van der Waals surface area contributed by atoms with E-state index >= 15 is 8.78 Å².